The number of carbonyl (C=O) groups excluding carboxylic acids is 1. The molecule has 3 rings (SSSR count). The second-order valence-electron chi connectivity index (χ2n) is 5.06. The van der Waals surface area contributed by atoms with Gasteiger partial charge >= 0.3 is 0 Å². The highest BCUT2D eigenvalue weighted by molar-refractivity contribution is 7.11. The lowest BCUT2D eigenvalue weighted by Gasteiger charge is -2.00. The van der Waals surface area contributed by atoms with Gasteiger partial charge in [-0.3, -0.25) is 9.89 Å². The summed E-state index contributed by atoms with van der Waals surface area (Å²) in [7, 11) is 1.62. The molecule has 1 amide bonds. The van der Waals surface area contributed by atoms with Crippen LogP contribution in [0.25, 0.3) is 11.3 Å². The van der Waals surface area contributed by atoms with Gasteiger partial charge in [-0.25, -0.2) is 5.43 Å². The number of nitrogens with one attached hydrogen (secondary N) is 2. The Labute approximate surface area is 143 Å². The van der Waals surface area contributed by atoms with Gasteiger partial charge in [0.25, 0.3) is 5.91 Å². The van der Waals surface area contributed by atoms with E-state index in [2.05, 4.69) is 20.7 Å². The summed E-state index contributed by atoms with van der Waals surface area (Å²) in [5, 5.41) is 12.8. The van der Waals surface area contributed by atoms with Crippen molar-refractivity contribution >= 4 is 23.5 Å². The molecule has 0 aliphatic heterocycles. The maximum Gasteiger partial charge on any atom is 0.289 e. The molecule has 0 atom stereocenters. The normalized spacial score (nSPS) is 10.9. The van der Waals surface area contributed by atoms with Gasteiger partial charge in [-0.2, -0.15) is 10.2 Å². The zero-order chi connectivity index (χ0) is 16.9. The van der Waals surface area contributed by atoms with Crippen LogP contribution in [-0.2, 0) is 0 Å². The topological polar surface area (TPSA) is 79.4 Å². The van der Waals surface area contributed by atoms with Crippen molar-refractivity contribution < 1.29 is 9.53 Å². The third-order valence-electron chi connectivity index (χ3n) is 3.46. The molecule has 0 bridgehead atoms. The van der Waals surface area contributed by atoms with Crippen LogP contribution >= 0.6 is 11.3 Å². The van der Waals surface area contributed by atoms with Gasteiger partial charge in [-0.05, 0) is 54.3 Å². The largest absolute Gasteiger partial charge is 0.497 e. The van der Waals surface area contributed by atoms with Crippen molar-refractivity contribution in [1.29, 1.82) is 0 Å². The van der Waals surface area contributed by atoms with Crippen molar-refractivity contribution in [3.63, 3.8) is 0 Å². The average Bonchev–Trinajstić information content (AvgIpc) is 3.25. The molecule has 0 fully saturated rings. The Hall–Kier alpha value is -2.93. The molecular weight excluding hydrogens is 324 g/mol. The standard InChI is InChI=1S/C17H16N4O2S/c1-11-7-8-24-16(11)10-18-21-17(22)15-9-14(19-20-15)12-3-5-13(23-2)6-4-12/h3-10H,1-2H3,(H,19,20)(H,21,22)/b18-10-. The van der Waals surface area contributed by atoms with Gasteiger partial charge in [0.2, 0.25) is 0 Å². The Bertz CT molecular complexity index is 865. The number of hydrogen-bond donors (Lipinski definition) is 2. The Morgan fingerprint density at radius 3 is 2.79 bits per heavy atom. The number of hydrogen-bond acceptors (Lipinski definition) is 5. The fourth-order valence-electron chi connectivity index (χ4n) is 2.07. The lowest BCUT2D eigenvalue weighted by Crippen LogP contribution is -2.17. The second-order valence-corrected chi connectivity index (χ2v) is 6.01. The van der Waals surface area contributed by atoms with Crippen molar-refractivity contribution in [2.24, 2.45) is 5.10 Å². The Balaban J connectivity index is 1.67. The van der Waals surface area contributed by atoms with Crippen LogP contribution in [0.5, 0.6) is 5.75 Å². The first kappa shape index (κ1) is 15.9. The fourth-order valence-corrected chi connectivity index (χ4v) is 2.86. The quantitative estimate of drug-likeness (QED) is 0.553. The predicted molar refractivity (Wildman–Crippen MR) is 94.7 cm³/mol. The number of thiophene rings is 1. The minimum absolute atomic E-state index is 0.340. The molecule has 2 aromatic heterocycles. The lowest BCUT2D eigenvalue weighted by atomic mass is 10.1. The van der Waals surface area contributed by atoms with E-state index < -0.39 is 0 Å². The molecule has 0 aliphatic rings. The van der Waals surface area contributed by atoms with Crippen LogP contribution in [0.1, 0.15) is 20.9 Å². The molecule has 0 spiro atoms. The molecule has 0 radical (unpaired) electrons. The van der Waals surface area contributed by atoms with Gasteiger partial charge in [0.05, 0.1) is 19.0 Å². The van der Waals surface area contributed by atoms with Crippen LogP contribution in [0.15, 0.2) is 46.9 Å². The first-order valence-corrected chi connectivity index (χ1v) is 8.12. The number of ether oxygens (including phenoxy) is 1. The van der Waals surface area contributed by atoms with Gasteiger partial charge in [0.15, 0.2) is 0 Å². The zero-order valence-corrected chi connectivity index (χ0v) is 14.1. The molecule has 24 heavy (non-hydrogen) atoms. The number of methoxy groups -OCH3 is 1. The van der Waals surface area contributed by atoms with E-state index in [1.807, 2.05) is 42.6 Å². The lowest BCUT2D eigenvalue weighted by molar-refractivity contribution is 0.0950. The summed E-state index contributed by atoms with van der Waals surface area (Å²) >= 11 is 1.57. The first-order chi connectivity index (χ1) is 11.7. The number of aromatic nitrogens is 2. The molecule has 2 N–H and O–H groups in total. The third-order valence-corrected chi connectivity index (χ3v) is 4.41. The van der Waals surface area contributed by atoms with E-state index in [1.54, 1.807) is 30.7 Å². The number of hydrazone groups is 1. The smallest absolute Gasteiger partial charge is 0.289 e. The van der Waals surface area contributed by atoms with E-state index in [1.165, 1.54) is 0 Å². The number of benzene rings is 1. The Morgan fingerprint density at radius 2 is 2.12 bits per heavy atom. The molecule has 7 heteroatoms. The van der Waals surface area contributed by atoms with Crippen LogP contribution in [-0.4, -0.2) is 29.4 Å². The number of nitrogens with zero attached hydrogens (tertiary/aromatic N) is 2. The van der Waals surface area contributed by atoms with E-state index in [0.717, 1.165) is 21.8 Å². The van der Waals surface area contributed by atoms with Gasteiger partial charge in [0, 0.05) is 10.4 Å². The highest BCUT2D eigenvalue weighted by Gasteiger charge is 2.10. The number of H-pyrrole nitrogens is 1. The van der Waals surface area contributed by atoms with Gasteiger partial charge < -0.3 is 4.74 Å². The number of aryl methyl sites for hydroxylation is 1. The minimum atomic E-state index is -0.340. The molecule has 1 aromatic carbocycles. The van der Waals surface area contributed by atoms with Crippen LogP contribution < -0.4 is 10.2 Å². The highest BCUT2D eigenvalue weighted by Crippen LogP contribution is 2.21. The minimum Gasteiger partial charge on any atom is -0.497 e. The zero-order valence-electron chi connectivity index (χ0n) is 13.2. The summed E-state index contributed by atoms with van der Waals surface area (Å²) in [5.41, 5.74) is 5.54. The molecule has 0 saturated carbocycles. The summed E-state index contributed by atoms with van der Waals surface area (Å²) in [6.45, 7) is 2.00. The molecule has 3 aromatic rings. The highest BCUT2D eigenvalue weighted by atomic mass is 32.1. The summed E-state index contributed by atoms with van der Waals surface area (Å²) in [5.74, 6) is 0.429. The van der Waals surface area contributed by atoms with Gasteiger partial charge in [-0.1, -0.05) is 0 Å². The first-order valence-electron chi connectivity index (χ1n) is 7.24. The van der Waals surface area contributed by atoms with E-state index in [4.69, 9.17) is 4.74 Å². The molecule has 6 nitrogen and oxygen atoms in total. The SMILES string of the molecule is COc1ccc(-c2cc(C(=O)N/N=C\c3sccc3C)[nH]n2)cc1. The number of carbonyl (C=O) groups is 1. The summed E-state index contributed by atoms with van der Waals surface area (Å²) < 4.78 is 5.12. The van der Waals surface area contributed by atoms with Crippen LogP contribution in [0.3, 0.4) is 0 Å². The van der Waals surface area contributed by atoms with Gasteiger partial charge in [-0.15, -0.1) is 11.3 Å². The average molecular weight is 340 g/mol. The number of rotatable bonds is 5. The second kappa shape index (κ2) is 7.10. The van der Waals surface area contributed by atoms with Crippen molar-refractivity contribution in [3.8, 4) is 17.0 Å². The van der Waals surface area contributed by atoms with E-state index in [0.29, 0.717) is 11.4 Å². The summed E-state index contributed by atoms with van der Waals surface area (Å²) in [6.07, 6.45) is 1.64. The molecule has 0 unspecified atom stereocenters. The molecule has 0 saturated heterocycles. The Morgan fingerprint density at radius 1 is 1.33 bits per heavy atom. The molecule has 0 aliphatic carbocycles. The van der Waals surface area contributed by atoms with Crippen molar-refractivity contribution in [3.05, 3.63) is 57.9 Å². The monoisotopic (exact) mass is 340 g/mol. The number of amides is 1. The van der Waals surface area contributed by atoms with Crippen molar-refractivity contribution in [2.75, 3.05) is 7.11 Å². The number of aromatic amines is 1. The third kappa shape index (κ3) is 3.52. The van der Waals surface area contributed by atoms with E-state index >= 15 is 0 Å². The van der Waals surface area contributed by atoms with Crippen molar-refractivity contribution in [2.45, 2.75) is 6.92 Å². The molecular formula is C17H16N4O2S. The van der Waals surface area contributed by atoms with Crippen molar-refractivity contribution in [1.82, 2.24) is 15.6 Å². The van der Waals surface area contributed by atoms with E-state index in [-0.39, 0.29) is 5.91 Å². The predicted octanol–water partition coefficient (Wildman–Crippen LogP) is 3.22. The van der Waals surface area contributed by atoms with Crippen LogP contribution in [0.4, 0.5) is 0 Å². The van der Waals surface area contributed by atoms with E-state index in [9.17, 15) is 4.79 Å². The molecule has 122 valence electrons. The molecule has 2 heterocycles. The van der Waals surface area contributed by atoms with Crippen LogP contribution in [0.2, 0.25) is 0 Å². The van der Waals surface area contributed by atoms with Gasteiger partial charge in [0.1, 0.15) is 11.4 Å². The summed E-state index contributed by atoms with van der Waals surface area (Å²) in [6, 6.07) is 11.1. The van der Waals surface area contributed by atoms with Crippen LogP contribution in [0, 0.1) is 6.92 Å². The maximum absolute atomic E-state index is 12.1. The summed E-state index contributed by atoms with van der Waals surface area (Å²) in [4.78, 5) is 13.1. The Kier molecular flexibility index (Phi) is 4.72. The maximum atomic E-state index is 12.1. The fraction of sp³-hybridized carbons (Fsp3) is 0.118.